The average molecular weight is 344 g/mol. The first-order valence-electron chi connectivity index (χ1n) is 6.86. The van der Waals surface area contributed by atoms with Gasteiger partial charge in [0.25, 0.3) is 5.91 Å². The van der Waals surface area contributed by atoms with Crippen molar-refractivity contribution in [2.45, 2.75) is 0 Å². The Morgan fingerprint density at radius 3 is 2.91 bits per heavy atom. The van der Waals surface area contributed by atoms with Gasteiger partial charge in [0.1, 0.15) is 5.82 Å². The summed E-state index contributed by atoms with van der Waals surface area (Å²) in [6, 6.07) is 7.55. The molecule has 1 amide bonds. The van der Waals surface area contributed by atoms with Crippen LogP contribution in [-0.4, -0.2) is 17.9 Å². The summed E-state index contributed by atoms with van der Waals surface area (Å²) in [5.41, 5.74) is 9.05. The summed E-state index contributed by atoms with van der Waals surface area (Å²) < 4.78 is 0.890. The van der Waals surface area contributed by atoms with Crippen molar-refractivity contribution < 1.29 is 4.79 Å². The minimum absolute atomic E-state index is 0.240. The molecule has 0 bridgehead atoms. The quantitative estimate of drug-likeness (QED) is 0.707. The zero-order valence-corrected chi connectivity index (χ0v) is 14.0. The lowest BCUT2D eigenvalue weighted by molar-refractivity contribution is -0.115. The molecule has 2 heterocycles. The van der Waals surface area contributed by atoms with Gasteiger partial charge in [0.05, 0.1) is 0 Å². The highest BCUT2D eigenvalue weighted by Crippen LogP contribution is 2.40. The van der Waals surface area contributed by atoms with Gasteiger partial charge in [-0.25, -0.2) is 4.98 Å². The number of hydrogen-bond donors (Lipinski definition) is 2. The number of nitrogens with zero attached hydrogens (tertiary/aromatic N) is 1. The number of nitrogen functional groups attached to an aromatic ring is 1. The van der Waals surface area contributed by atoms with E-state index >= 15 is 0 Å². The smallest absolute Gasteiger partial charge is 0.251 e. The van der Waals surface area contributed by atoms with Crippen molar-refractivity contribution in [1.82, 2.24) is 10.3 Å². The van der Waals surface area contributed by atoms with Gasteiger partial charge in [-0.05, 0) is 23.1 Å². The number of aromatic nitrogens is 1. The monoisotopic (exact) mass is 343 g/mol. The van der Waals surface area contributed by atoms with E-state index in [-0.39, 0.29) is 5.91 Å². The minimum atomic E-state index is -0.240. The highest BCUT2D eigenvalue weighted by molar-refractivity contribution is 7.18. The lowest BCUT2D eigenvalue weighted by Crippen LogP contribution is -2.18. The van der Waals surface area contributed by atoms with Crippen LogP contribution in [0.25, 0.3) is 26.8 Å². The molecule has 23 heavy (non-hydrogen) atoms. The van der Waals surface area contributed by atoms with E-state index in [1.807, 2.05) is 29.6 Å². The van der Waals surface area contributed by atoms with Crippen LogP contribution < -0.4 is 11.1 Å². The second kappa shape index (κ2) is 6.02. The Balaban J connectivity index is 2.25. The van der Waals surface area contributed by atoms with Gasteiger partial charge in [-0.15, -0.1) is 11.3 Å². The Labute approximate surface area is 142 Å². The number of nitrogens with two attached hydrogens (primary N) is 1. The van der Waals surface area contributed by atoms with Gasteiger partial charge in [0, 0.05) is 45.1 Å². The van der Waals surface area contributed by atoms with Crippen molar-refractivity contribution in [2.24, 2.45) is 0 Å². The molecule has 0 saturated carbocycles. The third-order valence-electron chi connectivity index (χ3n) is 3.59. The molecule has 6 heteroatoms. The van der Waals surface area contributed by atoms with E-state index in [1.54, 1.807) is 13.2 Å². The maximum atomic E-state index is 11.9. The fourth-order valence-corrected chi connectivity index (χ4v) is 3.74. The highest BCUT2D eigenvalue weighted by atomic mass is 35.5. The number of rotatable bonds is 3. The number of anilines is 1. The number of amides is 1. The van der Waals surface area contributed by atoms with Crippen molar-refractivity contribution >= 4 is 50.3 Å². The molecule has 0 unspecified atom stereocenters. The Bertz CT molecular complexity index is 933. The Morgan fingerprint density at radius 2 is 2.22 bits per heavy atom. The van der Waals surface area contributed by atoms with Crippen LogP contribution in [0.5, 0.6) is 0 Å². The van der Waals surface area contributed by atoms with Crippen molar-refractivity contribution in [2.75, 3.05) is 12.8 Å². The molecule has 3 rings (SSSR count). The van der Waals surface area contributed by atoms with Crippen LogP contribution in [0.4, 0.5) is 5.82 Å². The number of hydrogen-bond acceptors (Lipinski definition) is 4. The van der Waals surface area contributed by atoms with Crippen molar-refractivity contribution in [3.63, 3.8) is 0 Å². The van der Waals surface area contributed by atoms with Crippen LogP contribution in [0.1, 0.15) is 5.56 Å². The number of nitrogens with one attached hydrogen (secondary N) is 1. The van der Waals surface area contributed by atoms with Crippen molar-refractivity contribution in [1.29, 1.82) is 0 Å². The summed E-state index contributed by atoms with van der Waals surface area (Å²) >= 11 is 7.59. The number of fused-ring (bicyclic) bond motifs is 1. The summed E-state index contributed by atoms with van der Waals surface area (Å²) in [5.74, 6) is 0.181. The van der Waals surface area contributed by atoms with E-state index in [1.165, 1.54) is 11.3 Å². The van der Waals surface area contributed by atoms with Crippen LogP contribution in [-0.2, 0) is 4.79 Å². The number of benzene rings is 1. The van der Waals surface area contributed by atoms with Gasteiger partial charge in [-0.3, -0.25) is 4.79 Å². The van der Waals surface area contributed by atoms with Crippen LogP contribution >= 0.6 is 22.9 Å². The largest absolute Gasteiger partial charge is 0.383 e. The molecule has 4 nitrogen and oxygen atoms in total. The molecule has 3 aromatic rings. The zero-order chi connectivity index (χ0) is 16.6. The van der Waals surface area contributed by atoms with E-state index < -0.39 is 0 Å². The summed E-state index contributed by atoms with van der Waals surface area (Å²) in [6.45, 7) is 3.86. The molecule has 2 aromatic heterocycles. The molecule has 0 spiro atoms. The minimum Gasteiger partial charge on any atom is -0.383 e. The number of likely N-dealkylation sites (N-methyl/N-ethyl adjacent to an activating group) is 1. The zero-order valence-electron chi connectivity index (χ0n) is 12.4. The maximum Gasteiger partial charge on any atom is 0.251 e. The average Bonchev–Trinajstić information content (AvgIpc) is 3.00. The summed E-state index contributed by atoms with van der Waals surface area (Å²) in [5, 5.41) is 6.04. The van der Waals surface area contributed by atoms with Crippen LogP contribution in [0.2, 0.25) is 5.02 Å². The SMILES string of the molecule is C=C(C(=O)NC)c1cnc(N)c2c(-c3cccc(Cl)c3)csc12. The molecule has 3 N–H and O–H groups in total. The predicted molar refractivity (Wildman–Crippen MR) is 97.6 cm³/mol. The fraction of sp³-hybridized carbons (Fsp3) is 0.0588. The first kappa shape index (κ1) is 15.5. The van der Waals surface area contributed by atoms with Gasteiger partial charge in [0.15, 0.2) is 0 Å². The summed E-state index contributed by atoms with van der Waals surface area (Å²) in [6.07, 6.45) is 1.59. The first-order chi connectivity index (χ1) is 11.0. The third-order valence-corrected chi connectivity index (χ3v) is 4.83. The number of halogens is 1. The van der Waals surface area contributed by atoms with E-state index in [9.17, 15) is 4.79 Å². The summed E-state index contributed by atoms with van der Waals surface area (Å²) in [4.78, 5) is 16.1. The second-order valence-electron chi connectivity index (χ2n) is 4.98. The molecule has 0 fully saturated rings. The predicted octanol–water partition coefficient (Wildman–Crippen LogP) is 3.96. The van der Waals surface area contributed by atoms with Crippen LogP contribution in [0.15, 0.2) is 42.4 Å². The maximum absolute atomic E-state index is 11.9. The molecule has 0 aliphatic heterocycles. The van der Waals surface area contributed by atoms with Crippen LogP contribution in [0, 0.1) is 0 Å². The van der Waals surface area contributed by atoms with E-state index in [0.29, 0.717) is 22.0 Å². The molecular weight excluding hydrogens is 330 g/mol. The lowest BCUT2D eigenvalue weighted by atomic mass is 10.0. The third kappa shape index (κ3) is 2.69. The van der Waals surface area contributed by atoms with E-state index in [0.717, 1.165) is 21.2 Å². The van der Waals surface area contributed by atoms with Gasteiger partial charge in [-0.2, -0.15) is 0 Å². The van der Waals surface area contributed by atoms with Crippen molar-refractivity contribution in [3.05, 3.63) is 53.0 Å². The van der Waals surface area contributed by atoms with E-state index in [2.05, 4.69) is 16.9 Å². The molecule has 0 aliphatic carbocycles. The fourth-order valence-electron chi connectivity index (χ4n) is 2.42. The standard InChI is InChI=1S/C17H14ClN3OS/c1-9(17(22)20-2)12-7-21-16(19)14-13(8-23-15(12)14)10-4-3-5-11(18)6-10/h3-8H,1H2,2H3,(H2,19,21)(H,20,22). The Kier molecular flexibility index (Phi) is 4.07. The highest BCUT2D eigenvalue weighted by Gasteiger charge is 2.18. The summed E-state index contributed by atoms with van der Waals surface area (Å²) in [7, 11) is 1.57. The van der Waals surface area contributed by atoms with Crippen LogP contribution in [0.3, 0.4) is 0 Å². The van der Waals surface area contributed by atoms with E-state index in [4.69, 9.17) is 17.3 Å². The molecule has 116 valence electrons. The second-order valence-corrected chi connectivity index (χ2v) is 6.29. The molecule has 0 saturated heterocycles. The first-order valence-corrected chi connectivity index (χ1v) is 8.11. The molecule has 0 atom stereocenters. The van der Waals surface area contributed by atoms with Gasteiger partial charge in [0.2, 0.25) is 0 Å². The van der Waals surface area contributed by atoms with Crippen molar-refractivity contribution in [3.8, 4) is 11.1 Å². The normalized spacial score (nSPS) is 10.7. The topological polar surface area (TPSA) is 68.0 Å². The lowest BCUT2D eigenvalue weighted by Gasteiger charge is -2.08. The molecule has 0 radical (unpaired) electrons. The molecule has 1 aromatic carbocycles. The van der Waals surface area contributed by atoms with Gasteiger partial charge >= 0.3 is 0 Å². The number of pyridine rings is 1. The number of thiophene rings is 1. The number of carbonyl (C=O) groups excluding carboxylic acids is 1. The molecular formula is C17H14ClN3OS. The molecule has 0 aliphatic rings. The number of carbonyl (C=O) groups is 1. The van der Waals surface area contributed by atoms with Gasteiger partial charge in [-0.1, -0.05) is 30.3 Å². The Morgan fingerprint density at radius 1 is 1.43 bits per heavy atom. The van der Waals surface area contributed by atoms with Gasteiger partial charge < -0.3 is 11.1 Å². The Hall–Kier alpha value is -2.37.